The van der Waals surface area contributed by atoms with Crippen LogP contribution in [0.15, 0.2) is 76.7 Å². The molecule has 0 saturated heterocycles. The third-order valence-electron chi connectivity index (χ3n) is 4.76. The Morgan fingerprint density at radius 2 is 1.88 bits per heavy atom. The summed E-state index contributed by atoms with van der Waals surface area (Å²) in [6.45, 7) is 2.09. The summed E-state index contributed by atoms with van der Waals surface area (Å²) in [6.07, 6.45) is 1.57. The average molecular weight is 470 g/mol. The highest BCUT2D eigenvalue weighted by Gasteiger charge is 2.15. The SMILES string of the molecule is O=C(NCc1ccco1)c1csc(CN(Cc2ccc(F)cc2)Cc2cccc(Cl)c2)n1. The number of benzene rings is 2. The van der Waals surface area contributed by atoms with Gasteiger partial charge in [-0.25, -0.2) is 9.37 Å². The molecule has 164 valence electrons. The van der Waals surface area contributed by atoms with Gasteiger partial charge in [-0.2, -0.15) is 0 Å². The highest BCUT2D eigenvalue weighted by molar-refractivity contribution is 7.09. The van der Waals surface area contributed by atoms with Crippen molar-refractivity contribution in [3.05, 3.63) is 111 Å². The lowest BCUT2D eigenvalue weighted by Crippen LogP contribution is -2.24. The third-order valence-corrected chi connectivity index (χ3v) is 5.83. The number of halogens is 2. The molecule has 4 rings (SSSR count). The van der Waals surface area contributed by atoms with Crippen molar-refractivity contribution in [3.8, 4) is 0 Å². The molecule has 4 aromatic rings. The van der Waals surface area contributed by atoms with Crippen molar-refractivity contribution in [1.29, 1.82) is 0 Å². The van der Waals surface area contributed by atoms with Crippen molar-refractivity contribution in [2.45, 2.75) is 26.2 Å². The number of aromatic nitrogens is 1. The summed E-state index contributed by atoms with van der Waals surface area (Å²) in [5, 5.41) is 6.05. The molecule has 8 heteroatoms. The van der Waals surface area contributed by atoms with Crippen LogP contribution in [0.3, 0.4) is 0 Å². The van der Waals surface area contributed by atoms with E-state index in [9.17, 15) is 9.18 Å². The number of rotatable bonds is 9. The van der Waals surface area contributed by atoms with Crippen LogP contribution < -0.4 is 5.32 Å². The van der Waals surface area contributed by atoms with Crippen LogP contribution in [0, 0.1) is 5.82 Å². The van der Waals surface area contributed by atoms with Gasteiger partial charge in [0.1, 0.15) is 22.3 Å². The zero-order chi connectivity index (χ0) is 22.3. The number of hydrogen-bond acceptors (Lipinski definition) is 5. The van der Waals surface area contributed by atoms with Gasteiger partial charge in [-0.1, -0.05) is 35.9 Å². The molecule has 0 saturated carbocycles. The molecule has 0 aliphatic rings. The molecule has 0 atom stereocenters. The molecular weight excluding hydrogens is 449 g/mol. The fourth-order valence-electron chi connectivity index (χ4n) is 3.26. The molecule has 2 aromatic heterocycles. The van der Waals surface area contributed by atoms with Gasteiger partial charge in [-0.15, -0.1) is 11.3 Å². The van der Waals surface area contributed by atoms with Crippen LogP contribution in [0.5, 0.6) is 0 Å². The summed E-state index contributed by atoms with van der Waals surface area (Å²) in [7, 11) is 0. The lowest BCUT2D eigenvalue weighted by Gasteiger charge is -2.21. The summed E-state index contributed by atoms with van der Waals surface area (Å²) in [5.41, 5.74) is 2.43. The number of hydrogen-bond donors (Lipinski definition) is 1. The minimum absolute atomic E-state index is 0.246. The van der Waals surface area contributed by atoms with E-state index in [2.05, 4.69) is 15.2 Å². The van der Waals surface area contributed by atoms with Crippen molar-refractivity contribution in [2.75, 3.05) is 0 Å². The molecule has 0 spiro atoms. The summed E-state index contributed by atoms with van der Waals surface area (Å²) >= 11 is 7.58. The first-order valence-electron chi connectivity index (χ1n) is 10.0. The van der Waals surface area contributed by atoms with Crippen LogP contribution in [-0.4, -0.2) is 15.8 Å². The maximum Gasteiger partial charge on any atom is 0.271 e. The van der Waals surface area contributed by atoms with Crippen LogP contribution in [0.2, 0.25) is 5.02 Å². The van der Waals surface area contributed by atoms with Gasteiger partial charge in [0, 0.05) is 23.5 Å². The number of furan rings is 1. The first-order chi connectivity index (χ1) is 15.5. The normalized spacial score (nSPS) is 11.1. The number of nitrogens with zero attached hydrogens (tertiary/aromatic N) is 2. The van der Waals surface area contributed by atoms with Crippen LogP contribution in [0.4, 0.5) is 4.39 Å². The second-order valence-corrected chi connectivity index (χ2v) is 8.67. The Labute approximate surface area is 194 Å². The predicted octanol–water partition coefficient (Wildman–Crippen LogP) is 5.66. The van der Waals surface area contributed by atoms with E-state index < -0.39 is 0 Å². The van der Waals surface area contributed by atoms with Crippen LogP contribution >= 0.6 is 22.9 Å². The van der Waals surface area contributed by atoms with E-state index >= 15 is 0 Å². The molecule has 1 amide bonds. The van der Waals surface area contributed by atoms with E-state index in [1.54, 1.807) is 35.9 Å². The quantitative estimate of drug-likeness (QED) is 0.343. The Hall–Kier alpha value is -3.00. The van der Waals surface area contributed by atoms with E-state index in [-0.39, 0.29) is 11.7 Å². The Balaban J connectivity index is 1.45. The van der Waals surface area contributed by atoms with Gasteiger partial charge in [0.2, 0.25) is 0 Å². The van der Waals surface area contributed by atoms with Gasteiger partial charge in [0.15, 0.2) is 0 Å². The van der Waals surface area contributed by atoms with Crippen LogP contribution in [-0.2, 0) is 26.2 Å². The molecule has 0 aliphatic heterocycles. The zero-order valence-electron chi connectivity index (χ0n) is 17.1. The molecule has 0 fully saturated rings. The van der Waals surface area contributed by atoms with Gasteiger partial charge < -0.3 is 9.73 Å². The summed E-state index contributed by atoms with van der Waals surface area (Å²) in [5.74, 6) is 0.171. The van der Waals surface area contributed by atoms with Crippen LogP contribution in [0.25, 0.3) is 0 Å². The Bertz CT molecular complexity index is 1160. The van der Waals surface area contributed by atoms with E-state index in [1.807, 2.05) is 24.3 Å². The number of carbonyl (C=O) groups is 1. The molecule has 1 N–H and O–H groups in total. The third kappa shape index (κ3) is 6.26. The second kappa shape index (κ2) is 10.5. The van der Waals surface area contributed by atoms with E-state index in [0.29, 0.717) is 42.7 Å². The average Bonchev–Trinajstić information content (AvgIpc) is 3.46. The molecule has 0 bridgehead atoms. The maximum absolute atomic E-state index is 13.3. The fourth-order valence-corrected chi connectivity index (χ4v) is 4.29. The van der Waals surface area contributed by atoms with Gasteiger partial charge in [-0.05, 0) is 47.5 Å². The molecule has 2 heterocycles. The molecule has 0 unspecified atom stereocenters. The zero-order valence-corrected chi connectivity index (χ0v) is 18.7. The smallest absolute Gasteiger partial charge is 0.271 e. The van der Waals surface area contributed by atoms with Crippen LogP contribution in [0.1, 0.15) is 32.4 Å². The van der Waals surface area contributed by atoms with Gasteiger partial charge in [0.05, 0.1) is 19.4 Å². The topological polar surface area (TPSA) is 58.4 Å². The van der Waals surface area contributed by atoms with E-state index in [1.165, 1.54) is 23.5 Å². The van der Waals surface area contributed by atoms with E-state index in [4.69, 9.17) is 16.0 Å². The number of amides is 1. The van der Waals surface area contributed by atoms with Crippen molar-refractivity contribution < 1.29 is 13.6 Å². The molecule has 5 nitrogen and oxygen atoms in total. The largest absolute Gasteiger partial charge is 0.467 e. The molecule has 0 radical (unpaired) electrons. The summed E-state index contributed by atoms with van der Waals surface area (Å²) in [6, 6.07) is 17.7. The Morgan fingerprint density at radius 1 is 1.06 bits per heavy atom. The summed E-state index contributed by atoms with van der Waals surface area (Å²) < 4.78 is 18.5. The predicted molar refractivity (Wildman–Crippen MR) is 123 cm³/mol. The first kappa shape index (κ1) is 22.2. The number of nitrogens with one attached hydrogen (secondary N) is 1. The maximum atomic E-state index is 13.3. The standard InChI is InChI=1S/C24H21ClFN3O2S/c25-19-4-1-3-18(11-19)14-29(13-17-6-8-20(26)9-7-17)15-23-28-22(16-32-23)24(30)27-12-21-5-2-10-31-21/h1-11,16H,12-15H2,(H,27,30). The number of thiazole rings is 1. The molecule has 0 aliphatic carbocycles. The summed E-state index contributed by atoms with van der Waals surface area (Å²) in [4.78, 5) is 19.1. The Kier molecular flexibility index (Phi) is 7.32. The Morgan fingerprint density at radius 3 is 2.62 bits per heavy atom. The lowest BCUT2D eigenvalue weighted by atomic mass is 10.1. The minimum atomic E-state index is -0.264. The molecule has 2 aromatic carbocycles. The van der Waals surface area contributed by atoms with E-state index in [0.717, 1.165) is 16.1 Å². The van der Waals surface area contributed by atoms with Crippen molar-refractivity contribution >= 4 is 28.8 Å². The molecular formula is C24H21ClFN3O2S. The van der Waals surface area contributed by atoms with Crippen molar-refractivity contribution in [2.24, 2.45) is 0 Å². The van der Waals surface area contributed by atoms with Crippen molar-refractivity contribution in [1.82, 2.24) is 15.2 Å². The first-order valence-corrected chi connectivity index (χ1v) is 11.3. The lowest BCUT2D eigenvalue weighted by molar-refractivity contribution is 0.0943. The highest BCUT2D eigenvalue weighted by Crippen LogP contribution is 2.19. The van der Waals surface area contributed by atoms with Gasteiger partial charge in [-0.3, -0.25) is 9.69 Å². The van der Waals surface area contributed by atoms with Crippen molar-refractivity contribution in [3.63, 3.8) is 0 Å². The second-order valence-electron chi connectivity index (χ2n) is 7.29. The molecule has 32 heavy (non-hydrogen) atoms. The monoisotopic (exact) mass is 469 g/mol. The highest BCUT2D eigenvalue weighted by atomic mass is 35.5. The fraction of sp³-hybridized carbons (Fsp3) is 0.167. The van der Waals surface area contributed by atoms with Gasteiger partial charge >= 0.3 is 0 Å². The van der Waals surface area contributed by atoms with Gasteiger partial charge in [0.25, 0.3) is 5.91 Å². The minimum Gasteiger partial charge on any atom is -0.467 e. The number of carbonyl (C=O) groups excluding carboxylic acids is 1.